The van der Waals surface area contributed by atoms with Crippen LogP contribution in [0.4, 0.5) is 0 Å². The molecule has 0 rings (SSSR count). The molecule has 0 aliphatic carbocycles. The van der Waals surface area contributed by atoms with Gasteiger partial charge in [0.15, 0.2) is 0 Å². The van der Waals surface area contributed by atoms with E-state index in [0.717, 1.165) is 0 Å². The summed E-state index contributed by atoms with van der Waals surface area (Å²) in [5.41, 5.74) is 1.29. The molecule has 0 bridgehead atoms. The Morgan fingerprint density at radius 2 is 1.60 bits per heavy atom. The summed E-state index contributed by atoms with van der Waals surface area (Å²) in [5, 5.41) is 0. The van der Waals surface area contributed by atoms with Crippen LogP contribution in [0.2, 0.25) is 5.71 Å². The molecule has 0 spiro atoms. The monoisotopic (exact) mass is 156 g/mol. The van der Waals surface area contributed by atoms with Crippen LogP contribution in [0.25, 0.3) is 0 Å². The normalized spacial score (nSPS) is 11.8. The van der Waals surface area contributed by atoms with Crippen molar-refractivity contribution in [2.45, 2.75) is 5.71 Å². The summed E-state index contributed by atoms with van der Waals surface area (Å²) in [6, 6.07) is 0. The third-order valence-corrected chi connectivity index (χ3v) is 0. The molecule has 0 aromatic rings. The fraction of sp³-hybridized carbons (Fsp3) is 1.00. The molecule has 0 saturated heterocycles. The van der Waals surface area contributed by atoms with Crippen LogP contribution in [0.1, 0.15) is 0 Å². The van der Waals surface area contributed by atoms with Crippen LogP contribution in [0.15, 0.2) is 0 Å². The van der Waals surface area contributed by atoms with Gasteiger partial charge in [-0.2, -0.15) is 0 Å². The van der Waals surface area contributed by atoms with Crippen LogP contribution in [0, 0.1) is 0 Å². The van der Waals surface area contributed by atoms with Crippen molar-refractivity contribution in [3.05, 3.63) is 0 Å². The van der Waals surface area contributed by atoms with Gasteiger partial charge in [-0.3, -0.25) is 0 Å². The Morgan fingerprint density at radius 1 is 1.60 bits per heavy atom. The predicted octanol–water partition coefficient (Wildman–Crippen LogP) is -0.263. The molecule has 0 aliphatic rings. The van der Waals surface area contributed by atoms with Gasteiger partial charge in [-0.15, -0.1) is 0 Å². The summed E-state index contributed by atoms with van der Waals surface area (Å²) in [6.45, 7) is 0. The summed E-state index contributed by atoms with van der Waals surface area (Å²) >= 11 is -3.29. The molecule has 0 aromatic carbocycles. The first-order chi connectivity index (χ1) is 2.00. The predicted molar refractivity (Wildman–Crippen MR) is 23.6 cm³/mol. The van der Waals surface area contributed by atoms with Crippen LogP contribution in [-0.2, 0) is 0 Å². The topological polar surface area (TPSA) is 40.5 Å². The van der Waals surface area contributed by atoms with Crippen LogP contribution in [-0.4, -0.2) is 20.8 Å². The van der Waals surface area contributed by atoms with Crippen LogP contribution in [0.3, 0.4) is 0 Å². The molecule has 0 fully saturated rings. The van der Waals surface area contributed by atoms with Crippen molar-refractivity contribution in [1.29, 1.82) is 0 Å². The van der Waals surface area contributed by atoms with E-state index in [2.05, 4.69) is 10.4 Å². The summed E-state index contributed by atoms with van der Waals surface area (Å²) in [5.74, 6) is 0. The molecule has 32 valence electrons. The number of hydrogen-bond acceptors (Lipinski definition) is 1. The number of hydrogen-bond donors (Lipinski definition) is 2. The molecular weight excluding hydrogens is 151 g/mol. The molecule has 0 unspecified atom stereocenters. The molecule has 4 heteroatoms. The summed E-state index contributed by atoms with van der Waals surface area (Å²) in [6.07, 6.45) is 0. The van der Waals surface area contributed by atoms with Crippen molar-refractivity contribution in [3.63, 3.8) is 0 Å². The van der Waals surface area contributed by atoms with Gasteiger partial charge in [-0.1, -0.05) is 0 Å². The van der Waals surface area contributed by atoms with Gasteiger partial charge in [0.1, 0.15) is 0 Å². The zero-order chi connectivity index (χ0) is 4.50. The fourth-order valence-corrected chi connectivity index (χ4v) is 0. The van der Waals surface area contributed by atoms with Gasteiger partial charge in [-0.25, -0.2) is 0 Å². The summed E-state index contributed by atoms with van der Waals surface area (Å²) in [7, 11) is 4.11. The van der Waals surface area contributed by atoms with E-state index in [1.54, 1.807) is 0 Å². The van der Waals surface area contributed by atoms with Crippen LogP contribution in [0.5, 0.6) is 0 Å². The van der Waals surface area contributed by atoms with E-state index in [0.29, 0.717) is 0 Å². The van der Waals surface area contributed by atoms with Gasteiger partial charge in [0.25, 0.3) is 0 Å². The van der Waals surface area contributed by atoms with E-state index in [4.69, 9.17) is 8.19 Å². The summed E-state index contributed by atoms with van der Waals surface area (Å²) < 4.78 is 16.1. The second-order valence-corrected chi connectivity index (χ2v) is 7.93. The molecule has 2 nitrogen and oxygen atoms in total. The average molecular weight is 156 g/mol. The van der Waals surface area contributed by atoms with E-state index >= 15 is 0 Å². The third-order valence-electron chi connectivity index (χ3n) is 0. The molecule has 0 aromatic heterocycles. The van der Waals surface area contributed by atoms with E-state index in [1.807, 2.05) is 0 Å². The van der Waals surface area contributed by atoms with E-state index in [9.17, 15) is 0 Å². The molecule has 0 heterocycles. The summed E-state index contributed by atoms with van der Waals surface area (Å²) in [4.78, 5) is 0. The SMILES string of the molecule is C[As](O)(O)=S. The molecule has 0 radical (unpaired) electrons. The van der Waals surface area contributed by atoms with Crippen molar-refractivity contribution >= 4 is 23.0 Å². The minimum atomic E-state index is -3.29. The van der Waals surface area contributed by atoms with Crippen molar-refractivity contribution in [3.8, 4) is 0 Å². The standard InChI is InChI=1S/CH5AsO2S/c1-2(3,4)5/h1H3,(H2,3,4,5). The fourth-order valence-electron chi connectivity index (χ4n) is 0. The molecule has 2 N–H and O–H groups in total. The third kappa shape index (κ3) is 70.1. The van der Waals surface area contributed by atoms with Crippen LogP contribution >= 0.6 is 10.4 Å². The number of rotatable bonds is 0. The first kappa shape index (κ1) is 5.70. The first-order valence-corrected chi connectivity index (χ1v) is 7.25. The maximum absolute atomic E-state index is 8.06. The van der Waals surface area contributed by atoms with Crippen molar-refractivity contribution < 1.29 is 8.19 Å². The average Bonchev–Trinajstić information content (AvgIpc) is 0.722. The van der Waals surface area contributed by atoms with Crippen LogP contribution < -0.4 is 0 Å². The minimum absolute atomic E-state index is 1.29. The van der Waals surface area contributed by atoms with Crippen molar-refractivity contribution in [1.82, 2.24) is 0 Å². The quantitative estimate of drug-likeness (QED) is 0.474. The zero-order valence-electron chi connectivity index (χ0n) is 2.75. The Labute approximate surface area is 37.4 Å². The molecule has 0 amide bonds. The van der Waals surface area contributed by atoms with Gasteiger partial charge < -0.3 is 0 Å². The zero-order valence-corrected chi connectivity index (χ0v) is 5.44. The maximum atomic E-state index is 8.06. The Bertz CT molecular complexity index is 55.8. The van der Waals surface area contributed by atoms with E-state index in [1.165, 1.54) is 5.71 Å². The second-order valence-electron chi connectivity index (χ2n) is 0.835. The molecular formula is CH5AsO2S. The van der Waals surface area contributed by atoms with E-state index in [-0.39, 0.29) is 0 Å². The van der Waals surface area contributed by atoms with Gasteiger partial charge >= 0.3 is 36.9 Å². The Balaban J connectivity index is 3.47. The second kappa shape index (κ2) is 1.43. The molecule has 5 heavy (non-hydrogen) atoms. The first-order valence-electron chi connectivity index (χ1n) is 1.03. The molecule has 0 atom stereocenters. The van der Waals surface area contributed by atoms with Crippen molar-refractivity contribution in [2.75, 3.05) is 0 Å². The van der Waals surface area contributed by atoms with Gasteiger partial charge in [0.05, 0.1) is 0 Å². The molecule has 0 saturated carbocycles. The van der Waals surface area contributed by atoms with E-state index < -0.39 is 12.6 Å². The Hall–Kier alpha value is 0.698. The van der Waals surface area contributed by atoms with Gasteiger partial charge in [0, 0.05) is 0 Å². The van der Waals surface area contributed by atoms with Gasteiger partial charge in [0.2, 0.25) is 0 Å². The Kier molecular flexibility index (Phi) is 1.63. The molecule has 0 aliphatic heterocycles. The Morgan fingerprint density at radius 3 is 1.60 bits per heavy atom. The van der Waals surface area contributed by atoms with Gasteiger partial charge in [-0.05, 0) is 0 Å². The van der Waals surface area contributed by atoms with Crippen molar-refractivity contribution in [2.24, 2.45) is 0 Å².